The Kier molecular flexibility index (Phi) is 3.88. The van der Waals surface area contributed by atoms with E-state index in [2.05, 4.69) is 15.5 Å². The van der Waals surface area contributed by atoms with Crippen LogP contribution in [-0.2, 0) is 0 Å². The van der Waals surface area contributed by atoms with E-state index in [1.807, 2.05) is 0 Å². The molecule has 1 aromatic carbocycles. The van der Waals surface area contributed by atoms with Gasteiger partial charge in [0.05, 0.1) is 34.7 Å². The van der Waals surface area contributed by atoms with Crippen molar-refractivity contribution in [3.63, 3.8) is 0 Å². The molecule has 0 aliphatic heterocycles. The number of aromatic nitrogens is 2. The van der Waals surface area contributed by atoms with E-state index >= 15 is 0 Å². The number of nitrogens with one attached hydrogen (secondary N) is 2. The SMILES string of the molecule is COc1ccc([N+](=O)[O-])cc1C(=O)Nc1c(C)n[nH]c1C. The highest BCUT2D eigenvalue weighted by Gasteiger charge is 2.19. The zero-order valence-corrected chi connectivity index (χ0v) is 11.8. The minimum Gasteiger partial charge on any atom is -0.496 e. The number of nitro groups is 1. The number of anilines is 1. The third-order valence-electron chi connectivity index (χ3n) is 3.01. The van der Waals surface area contributed by atoms with Gasteiger partial charge < -0.3 is 10.1 Å². The Morgan fingerprint density at radius 2 is 2.14 bits per heavy atom. The van der Waals surface area contributed by atoms with Crippen LogP contribution < -0.4 is 10.1 Å². The minimum absolute atomic E-state index is 0.0895. The molecule has 1 heterocycles. The van der Waals surface area contributed by atoms with Crippen molar-refractivity contribution in [1.29, 1.82) is 0 Å². The number of methoxy groups -OCH3 is 1. The van der Waals surface area contributed by atoms with Gasteiger partial charge in [0.15, 0.2) is 0 Å². The van der Waals surface area contributed by atoms with Crippen molar-refractivity contribution >= 4 is 17.3 Å². The second-order valence-electron chi connectivity index (χ2n) is 4.40. The fourth-order valence-corrected chi connectivity index (χ4v) is 1.90. The van der Waals surface area contributed by atoms with Crippen LogP contribution in [0.25, 0.3) is 0 Å². The largest absolute Gasteiger partial charge is 0.496 e. The number of carbonyl (C=O) groups is 1. The molecule has 0 aliphatic carbocycles. The lowest BCUT2D eigenvalue weighted by Gasteiger charge is -2.09. The van der Waals surface area contributed by atoms with Gasteiger partial charge in [-0.05, 0) is 19.9 Å². The molecule has 21 heavy (non-hydrogen) atoms. The molecular weight excluding hydrogens is 276 g/mol. The average molecular weight is 290 g/mol. The Labute approximate surface area is 120 Å². The first-order valence-electron chi connectivity index (χ1n) is 6.09. The molecule has 0 aliphatic rings. The lowest BCUT2D eigenvalue weighted by atomic mass is 10.1. The molecule has 110 valence electrons. The fraction of sp³-hybridized carbons (Fsp3) is 0.231. The summed E-state index contributed by atoms with van der Waals surface area (Å²) in [5.74, 6) is -0.236. The van der Waals surface area contributed by atoms with Crippen LogP contribution in [0.3, 0.4) is 0 Å². The van der Waals surface area contributed by atoms with Gasteiger partial charge in [-0.2, -0.15) is 5.10 Å². The van der Waals surface area contributed by atoms with Gasteiger partial charge in [-0.1, -0.05) is 0 Å². The summed E-state index contributed by atoms with van der Waals surface area (Å²) >= 11 is 0. The molecule has 2 N–H and O–H groups in total. The molecule has 0 spiro atoms. The number of amides is 1. The number of benzene rings is 1. The Hall–Kier alpha value is -2.90. The highest BCUT2D eigenvalue weighted by Crippen LogP contribution is 2.26. The second kappa shape index (κ2) is 5.61. The molecule has 0 saturated heterocycles. The van der Waals surface area contributed by atoms with Gasteiger partial charge in [-0.15, -0.1) is 0 Å². The summed E-state index contributed by atoms with van der Waals surface area (Å²) in [7, 11) is 1.40. The van der Waals surface area contributed by atoms with Crippen molar-refractivity contribution in [3.8, 4) is 5.75 Å². The molecule has 1 amide bonds. The van der Waals surface area contributed by atoms with Crippen LogP contribution in [0.5, 0.6) is 5.75 Å². The zero-order valence-electron chi connectivity index (χ0n) is 11.8. The molecule has 0 radical (unpaired) electrons. The van der Waals surface area contributed by atoms with E-state index in [0.717, 1.165) is 0 Å². The number of rotatable bonds is 4. The highest BCUT2D eigenvalue weighted by molar-refractivity contribution is 6.07. The Balaban J connectivity index is 2.38. The van der Waals surface area contributed by atoms with Crippen LogP contribution in [0, 0.1) is 24.0 Å². The molecule has 2 aromatic rings. The number of aromatic amines is 1. The second-order valence-corrected chi connectivity index (χ2v) is 4.40. The van der Waals surface area contributed by atoms with Gasteiger partial charge in [0.25, 0.3) is 11.6 Å². The van der Waals surface area contributed by atoms with Gasteiger partial charge in [0.1, 0.15) is 5.75 Å². The first-order valence-corrected chi connectivity index (χ1v) is 6.09. The molecule has 1 aromatic heterocycles. The summed E-state index contributed by atoms with van der Waals surface area (Å²) in [6.07, 6.45) is 0. The van der Waals surface area contributed by atoms with E-state index in [1.54, 1.807) is 13.8 Å². The summed E-state index contributed by atoms with van der Waals surface area (Å²) in [4.78, 5) is 22.6. The number of hydrogen-bond acceptors (Lipinski definition) is 5. The predicted molar refractivity (Wildman–Crippen MR) is 75.7 cm³/mol. The Bertz CT molecular complexity index is 689. The summed E-state index contributed by atoms with van der Waals surface area (Å²) < 4.78 is 5.07. The fourth-order valence-electron chi connectivity index (χ4n) is 1.90. The van der Waals surface area contributed by atoms with Crippen molar-refractivity contribution in [3.05, 3.63) is 45.3 Å². The molecule has 8 heteroatoms. The van der Waals surface area contributed by atoms with Crippen LogP contribution in [0.15, 0.2) is 18.2 Å². The molecule has 0 bridgehead atoms. The molecule has 0 atom stereocenters. The predicted octanol–water partition coefficient (Wildman–Crippen LogP) is 2.20. The van der Waals surface area contributed by atoms with Crippen molar-refractivity contribution < 1.29 is 14.5 Å². The molecule has 8 nitrogen and oxygen atoms in total. The number of non-ortho nitro benzene ring substituents is 1. The van der Waals surface area contributed by atoms with Crippen LogP contribution in [-0.4, -0.2) is 28.1 Å². The van der Waals surface area contributed by atoms with Gasteiger partial charge in [-0.3, -0.25) is 20.0 Å². The Morgan fingerprint density at radius 3 is 2.67 bits per heavy atom. The van der Waals surface area contributed by atoms with E-state index in [1.165, 1.54) is 25.3 Å². The number of H-pyrrole nitrogens is 1. The lowest BCUT2D eigenvalue weighted by molar-refractivity contribution is -0.384. The molecule has 0 saturated carbocycles. The van der Waals surface area contributed by atoms with Gasteiger partial charge in [-0.25, -0.2) is 0 Å². The first kappa shape index (κ1) is 14.5. The van der Waals surface area contributed by atoms with E-state index in [-0.39, 0.29) is 17.0 Å². The van der Waals surface area contributed by atoms with Gasteiger partial charge >= 0.3 is 0 Å². The standard InChI is InChI=1S/C13H14N4O4/c1-7-12(8(2)16-15-7)14-13(18)10-6-9(17(19)20)4-5-11(10)21-3/h4-6H,1-3H3,(H,14,18)(H,15,16). The van der Waals surface area contributed by atoms with Crippen LogP contribution in [0.4, 0.5) is 11.4 Å². The monoisotopic (exact) mass is 290 g/mol. The third kappa shape index (κ3) is 2.83. The summed E-state index contributed by atoms with van der Waals surface area (Å²) in [6, 6.07) is 3.85. The van der Waals surface area contributed by atoms with E-state index in [4.69, 9.17) is 4.74 Å². The van der Waals surface area contributed by atoms with E-state index in [0.29, 0.717) is 17.1 Å². The quantitative estimate of drug-likeness (QED) is 0.662. The molecular formula is C13H14N4O4. The number of ether oxygens (including phenoxy) is 1. The third-order valence-corrected chi connectivity index (χ3v) is 3.01. The average Bonchev–Trinajstić information content (AvgIpc) is 2.78. The van der Waals surface area contributed by atoms with Crippen molar-refractivity contribution in [1.82, 2.24) is 10.2 Å². The summed E-state index contributed by atoms with van der Waals surface area (Å²) in [5.41, 5.74) is 1.79. The van der Waals surface area contributed by atoms with Gasteiger partial charge in [0, 0.05) is 12.1 Å². The maximum absolute atomic E-state index is 12.3. The highest BCUT2D eigenvalue weighted by atomic mass is 16.6. The number of aryl methyl sites for hydroxylation is 2. The molecule has 0 fully saturated rings. The van der Waals surface area contributed by atoms with Crippen LogP contribution >= 0.6 is 0 Å². The smallest absolute Gasteiger partial charge is 0.270 e. The summed E-state index contributed by atoms with van der Waals surface area (Å²) in [5, 5.41) is 20.2. The van der Waals surface area contributed by atoms with Crippen molar-refractivity contribution in [2.45, 2.75) is 13.8 Å². The van der Waals surface area contributed by atoms with Gasteiger partial charge in [0.2, 0.25) is 0 Å². The number of hydrogen-bond donors (Lipinski definition) is 2. The maximum atomic E-state index is 12.3. The van der Waals surface area contributed by atoms with Crippen molar-refractivity contribution in [2.24, 2.45) is 0 Å². The normalized spacial score (nSPS) is 10.2. The van der Waals surface area contributed by atoms with Crippen LogP contribution in [0.2, 0.25) is 0 Å². The zero-order chi connectivity index (χ0) is 15.6. The topological polar surface area (TPSA) is 110 Å². The number of nitro benzene ring substituents is 1. The summed E-state index contributed by atoms with van der Waals surface area (Å²) in [6.45, 7) is 3.50. The first-order chi connectivity index (χ1) is 9.93. The number of carbonyl (C=O) groups excluding carboxylic acids is 1. The lowest BCUT2D eigenvalue weighted by Crippen LogP contribution is -2.14. The van der Waals surface area contributed by atoms with E-state index < -0.39 is 10.8 Å². The Morgan fingerprint density at radius 1 is 1.43 bits per heavy atom. The molecule has 0 unspecified atom stereocenters. The number of nitrogens with zero attached hydrogens (tertiary/aromatic N) is 2. The minimum atomic E-state index is -0.565. The van der Waals surface area contributed by atoms with Crippen molar-refractivity contribution in [2.75, 3.05) is 12.4 Å². The van der Waals surface area contributed by atoms with E-state index in [9.17, 15) is 14.9 Å². The maximum Gasteiger partial charge on any atom is 0.270 e. The molecule has 2 rings (SSSR count). The van der Waals surface area contributed by atoms with Crippen LogP contribution in [0.1, 0.15) is 21.7 Å².